The summed E-state index contributed by atoms with van der Waals surface area (Å²) < 4.78 is 42.9. The average molecular weight is 692 g/mol. The number of morpholine rings is 1. The number of fused-ring (bicyclic) bond motifs is 2. The highest BCUT2D eigenvalue weighted by Crippen LogP contribution is 2.37. The molecule has 6 heterocycles. The number of aromatic nitrogens is 7. The van der Waals surface area contributed by atoms with Crippen LogP contribution in [0.4, 0.5) is 23.3 Å². The molecule has 5 aromatic rings. The lowest BCUT2D eigenvalue weighted by Crippen LogP contribution is -2.37. The average Bonchev–Trinajstić information content (AvgIpc) is 3.71. The van der Waals surface area contributed by atoms with Crippen molar-refractivity contribution < 1.29 is 22.8 Å². The van der Waals surface area contributed by atoms with Crippen LogP contribution in [-0.2, 0) is 21.8 Å². The quantitative estimate of drug-likeness (QED) is 0.166. The molecule has 0 bridgehead atoms. The summed E-state index contributed by atoms with van der Waals surface area (Å²) in [6, 6.07) is 6.75. The molecule has 1 saturated carbocycles. The van der Waals surface area contributed by atoms with Crippen LogP contribution in [0.25, 0.3) is 16.6 Å². The number of nitro groups is 1. The van der Waals surface area contributed by atoms with Crippen molar-refractivity contribution >= 4 is 49.8 Å². The summed E-state index contributed by atoms with van der Waals surface area (Å²) in [7, 11) is -2.40. The highest BCUT2D eigenvalue weighted by Gasteiger charge is 2.33. The lowest BCUT2D eigenvalue weighted by Gasteiger charge is -2.31. The number of pyridine rings is 2. The molecule has 0 spiro atoms. The van der Waals surface area contributed by atoms with Crippen LogP contribution in [0.2, 0.25) is 0 Å². The van der Waals surface area contributed by atoms with Gasteiger partial charge in [0, 0.05) is 37.5 Å². The second-order valence-corrected chi connectivity index (χ2v) is 14.2. The molecule has 49 heavy (non-hydrogen) atoms. The Hall–Kier alpha value is -5.10. The fourth-order valence-corrected chi connectivity index (χ4v) is 7.78. The Kier molecular flexibility index (Phi) is 8.66. The monoisotopic (exact) mass is 691 g/mol. The number of hydrogen-bond acceptors (Lipinski definition) is 13. The van der Waals surface area contributed by atoms with E-state index >= 15 is 0 Å². The maximum atomic E-state index is 13.3. The molecular weight excluding hydrogens is 654 g/mol. The first-order valence-corrected chi connectivity index (χ1v) is 17.9. The molecule has 5 aromatic heterocycles. The van der Waals surface area contributed by atoms with E-state index < -0.39 is 21.0 Å². The van der Waals surface area contributed by atoms with Gasteiger partial charge in [-0.2, -0.15) is 10.1 Å². The fourth-order valence-electron chi connectivity index (χ4n) is 6.61. The van der Waals surface area contributed by atoms with Crippen molar-refractivity contribution in [3.8, 4) is 5.88 Å². The zero-order valence-corrected chi connectivity index (χ0v) is 28.2. The van der Waals surface area contributed by atoms with E-state index in [-0.39, 0.29) is 23.8 Å². The Bertz CT molecular complexity index is 2110. The molecule has 1 saturated heterocycles. The minimum atomic E-state index is -3.89. The highest BCUT2D eigenvalue weighted by molar-refractivity contribution is 7.92. The van der Waals surface area contributed by atoms with E-state index in [1.807, 2.05) is 24.4 Å². The standard InChI is InChI=1S/C31H37N11O6S/c1-20(26-19-33-31(38(26)2)42(43)44)41(49(3,45)46)22-16-24-25(32-18-22)17-29(39-12-14-47-15-13-39)37-30(24)48-23-6-4-21(5-7-23)35-27-9-11-40-28(36-27)8-10-34-40/h8-11,16-21,23H,4-7,12-15H2,1-3H3,(H,35,36). The minimum Gasteiger partial charge on any atom is -0.474 e. The summed E-state index contributed by atoms with van der Waals surface area (Å²) in [5, 5.41) is 19.8. The molecule has 258 valence electrons. The third kappa shape index (κ3) is 6.65. The van der Waals surface area contributed by atoms with Gasteiger partial charge in [-0.15, -0.1) is 0 Å². The van der Waals surface area contributed by atoms with Crippen molar-refractivity contribution in [2.75, 3.05) is 47.1 Å². The first-order valence-electron chi connectivity index (χ1n) is 16.1. The van der Waals surface area contributed by atoms with Crippen molar-refractivity contribution in [1.82, 2.24) is 34.1 Å². The summed E-state index contributed by atoms with van der Waals surface area (Å²) >= 11 is 0. The van der Waals surface area contributed by atoms with Gasteiger partial charge >= 0.3 is 5.95 Å². The van der Waals surface area contributed by atoms with E-state index in [1.165, 1.54) is 28.3 Å². The van der Waals surface area contributed by atoms with Gasteiger partial charge in [0.15, 0.2) is 5.65 Å². The van der Waals surface area contributed by atoms with Crippen molar-refractivity contribution in [3.63, 3.8) is 0 Å². The molecular formula is C31H37N11O6S. The van der Waals surface area contributed by atoms with E-state index in [9.17, 15) is 18.5 Å². The highest BCUT2D eigenvalue weighted by atomic mass is 32.2. The number of ether oxygens (including phenoxy) is 2. The lowest BCUT2D eigenvalue weighted by molar-refractivity contribution is -0.396. The zero-order valence-electron chi connectivity index (χ0n) is 27.3. The Morgan fingerprint density at radius 2 is 1.88 bits per heavy atom. The van der Waals surface area contributed by atoms with Gasteiger partial charge in [0.2, 0.25) is 15.9 Å². The van der Waals surface area contributed by atoms with Crippen LogP contribution in [0.5, 0.6) is 5.88 Å². The van der Waals surface area contributed by atoms with Gasteiger partial charge in [0.1, 0.15) is 29.6 Å². The predicted octanol–water partition coefficient (Wildman–Crippen LogP) is 3.48. The smallest absolute Gasteiger partial charge is 0.434 e. The Morgan fingerprint density at radius 3 is 2.59 bits per heavy atom. The van der Waals surface area contributed by atoms with Crippen molar-refractivity contribution in [3.05, 3.63) is 64.9 Å². The third-order valence-corrected chi connectivity index (χ3v) is 10.3. The Labute approximate surface area is 282 Å². The summed E-state index contributed by atoms with van der Waals surface area (Å²) in [4.78, 5) is 31.1. The maximum absolute atomic E-state index is 13.3. The summed E-state index contributed by atoms with van der Waals surface area (Å²) in [6.45, 7) is 4.15. The second kappa shape index (κ2) is 13.1. The van der Waals surface area contributed by atoms with Crippen LogP contribution in [-0.4, -0.2) is 92.2 Å². The molecule has 0 amide bonds. The molecule has 0 aromatic carbocycles. The molecule has 17 nitrogen and oxygen atoms in total. The SMILES string of the molecule is CC(c1cnc([N+](=O)[O-])n1C)N(c1cnc2cc(N3CCOCC3)nc(OC3CCC(Nc4ccn5nccc5n4)CC3)c2c1)S(C)(=O)=O. The van der Waals surface area contributed by atoms with Gasteiger partial charge in [-0.1, -0.05) is 4.98 Å². The maximum Gasteiger partial charge on any atom is 0.434 e. The number of sulfonamides is 1. The number of rotatable bonds is 10. The number of anilines is 3. The van der Waals surface area contributed by atoms with Crippen molar-refractivity contribution in [2.45, 2.75) is 50.8 Å². The van der Waals surface area contributed by atoms with Crippen LogP contribution < -0.4 is 19.3 Å². The van der Waals surface area contributed by atoms with E-state index in [0.29, 0.717) is 54.6 Å². The van der Waals surface area contributed by atoms with Gasteiger partial charge in [-0.3, -0.25) is 9.29 Å². The van der Waals surface area contributed by atoms with Gasteiger partial charge in [0.05, 0.1) is 61.5 Å². The first kappa shape index (κ1) is 32.4. The third-order valence-electron chi connectivity index (χ3n) is 9.07. The van der Waals surface area contributed by atoms with E-state index in [0.717, 1.165) is 43.4 Å². The fraction of sp³-hybridized carbons (Fsp3) is 0.452. The summed E-state index contributed by atoms with van der Waals surface area (Å²) in [5.41, 5.74) is 2.00. The zero-order chi connectivity index (χ0) is 34.3. The number of nitrogens with zero attached hydrogens (tertiary/aromatic N) is 10. The van der Waals surface area contributed by atoms with Gasteiger partial charge < -0.3 is 29.8 Å². The van der Waals surface area contributed by atoms with E-state index in [2.05, 4.69) is 25.3 Å². The van der Waals surface area contributed by atoms with Gasteiger partial charge in [0.25, 0.3) is 0 Å². The lowest BCUT2D eigenvalue weighted by atomic mass is 9.93. The minimum absolute atomic E-state index is 0.123. The molecule has 0 radical (unpaired) electrons. The normalized spacial score (nSPS) is 19.2. The predicted molar refractivity (Wildman–Crippen MR) is 181 cm³/mol. The number of hydrogen-bond donors (Lipinski definition) is 1. The molecule has 1 aliphatic heterocycles. The summed E-state index contributed by atoms with van der Waals surface area (Å²) in [5.74, 6) is 1.49. The van der Waals surface area contributed by atoms with Crippen LogP contribution >= 0.6 is 0 Å². The van der Waals surface area contributed by atoms with Gasteiger partial charge in [-0.25, -0.2) is 22.5 Å². The largest absolute Gasteiger partial charge is 0.474 e. The van der Waals surface area contributed by atoms with Crippen LogP contribution in [0.15, 0.2) is 49.1 Å². The van der Waals surface area contributed by atoms with E-state index in [1.54, 1.807) is 23.7 Å². The molecule has 2 aliphatic rings. The molecule has 1 atom stereocenters. The molecule has 1 aliphatic carbocycles. The number of nitrogens with one attached hydrogen (secondary N) is 1. The van der Waals surface area contributed by atoms with Crippen molar-refractivity contribution in [2.24, 2.45) is 7.05 Å². The molecule has 7 rings (SSSR count). The van der Waals surface area contributed by atoms with Crippen LogP contribution in [0.1, 0.15) is 44.3 Å². The molecule has 1 unspecified atom stereocenters. The molecule has 18 heteroatoms. The Balaban J connectivity index is 1.18. The van der Waals surface area contributed by atoms with Crippen molar-refractivity contribution in [1.29, 1.82) is 0 Å². The van der Waals surface area contributed by atoms with Gasteiger partial charge in [-0.05, 0) is 49.7 Å². The first-order chi connectivity index (χ1) is 23.5. The molecule has 1 N–H and O–H groups in total. The van der Waals surface area contributed by atoms with E-state index in [4.69, 9.17) is 19.4 Å². The topological polar surface area (TPSA) is 188 Å². The Morgan fingerprint density at radius 1 is 1.10 bits per heavy atom. The number of imidazole rings is 1. The molecule has 2 fully saturated rings. The van der Waals surface area contributed by atoms with Crippen LogP contribution in [0.3, 0.4) is 0 Å². The summed E-state index contributed by atoms with van der Waals surface area (Å²) in [6.07, 6.45) is 10.6. The van der Waals surface area contributed by atoms with Crippen LogP contribution in [0, 0.1) is 10.1 Å². The second-order valence-electron chi connectivity index (χ2n) is 12.4.